The van der Waals surface area contributed by atoms with Crippen LogP contribution in [0.25, 0.3) is 0 Å². The maximum absolute atomic E-state index is 12.8. The molecule has 0 spiro atoms. The van der Waals surface area contributed by atoms with Gasteiger partial charge in [-0.25, -0.2) is 4.98 Å². The Hall–Kier alpha value is -2.15. The topological polar surface area (TPSA) is 104 Å². The Balaban J connectivity index is 2.08. The van der Waals surface area contributed by atoms with Gasteiger partial charge < -0.3 is 20.9 Å². The van der Waals surface area contributed by atoms with Crippen LogP contribution in [0.15, 0.2) is 24.7 Å². The van der Waals surface area contributed by atoms with Gasteiger partial charge >= 0.3 is 0 Å². The summed E-state index contributed by atoms with van der Waals surface area (Å²) in [5.41, 5.74) is 6.21. The predicted octanol–water partition coefficient (Wildman–Crippen LogP) is -0.0372. The highest BCUT2D eigenvalue weighted by atomic mass is 16.2. The highest BCUT2D eigenvalue weighted by Gasteiger charge is 2.35. The fourth-order valence-electron chi connectivity index (χ4n) is 2.71. The number of imidazole rings is 1. The van der Waals surface area contributed by atoms with E-state index in [1.54, 1.807) is 17.4 Å². The van der Waals surface area contributed by atoms with Crippen molar-refractivity contribution in [2.75, 3.05) is 13.1 Å². The Morgan fingerprint density at radius 3 is 3.09 bits per heavy atom. The first-order chi connectivity index (χ1) is 10.6. The number of likely N-dealkylation sites (tertiary alicyclic amines) is 1. The molecule has 7 nitrogen and oxygen atoms in total. The summed E-state index contributed by atoms with van der Waals surface area (Å²) < 4.78 is 0. The number of hydrogen-bond acceptors (Lipinski definition) is 4. The number of nitrogens with one attached hydrogen (secondary N) is 2. The third kappa shape index (κ3) is 3.94. The number of carbonyl (C=O) groups excluding carboxylic acids is 2. The van der Waals surface area contributed by atoms with Crippen molar-refractivity contribution in [2.45, 2.75) is 38.3 Å². The van der Waals surface area contributed by atoms with Crippen LogP contribution in [0.2, 0.25) is 0 Å². The minimum Gasteiger partial charge on any atom is -0.368 e. The molecule has 0 bridgehead atoms. The summed E-state index contributed by atoms with van der Waals surface area (Å²) in [5, 5.41) is 3.21. The quantitative estimate of drug-likeness (QED) is 0.615. The van der Waals surface area contributed by atoms with Gasteiger partial charge in [0, 0.05) is 25.7 Å². The molecule has 7 heteroatoms. The molecule has 4 N–H and O–H groups in total. The fourth-order valence-corrected chi connectivity index (χ4v) is 2.71. The zero-order valence-electron chi connectivity index (χ0n) is 12.8. The molecule has 2 rings (SSSR count). The largest absolute Gasteiger partial charge is 0.368 e. The van der Waals surface area contributed by atoms with Gasteiger partial charge in [-0.1, -0.05) is 12.2 Å². The number of aromatic amines is 1. The Kier molecular flexibility index (Phi) is 5.71. The van der Waals surface area contributed by atoms with Crippen molar-refractivity contribution in [3.8, 4) is 0 Å². The van der Waals surface area contributed by atoms with Crippen LogP contribution in [0.4, 0.5) is 0 Å². The molecule has 2 amide bonds. The highest BCUT2D eigenvalue weighted by Crippen LogP contribution is 2.18. The molecular formula is C15H23N5O2. The Bertz CT molecular complexity index is 526. The molecule has 1 saturated heterocycles. The fraction of sp³-hybridized carbons (Fsp3) is 0.533. The summed E-state index contributed by atoms with van der Waals surface area (Å²) in [6, 6.07) is -0.905. The van der Waals surface area contributed by atoms with E-state index in [1.165, 1.54) is 0 Å². The van der Waals surface area contributed by atoms with Crippen LogP contribution in [0.3, 0.4) is 0 Å². The number of nitrogens with zero attached hydrogens (tertiary/aromatic N) is 2. The third-order valence-electron chi connectivity index (χ3n) is 3.85. The number of H-pyrrole nitrogens is 1. The number of primary amides is 1. The number of amides is 2. The molecule has 0 unspecified atom stereocenters. The molecular weight excluding hydrogens is 282 g/mol. The minimum absolute atomic E-state index is 0.0891. The number of carbonyl (C=O) groups is 2. The van der Waals surface area contributed by atoms with Crippen molar-refractivity contribution in [3.05, 3.63) is 30.4 Å². The summed E-state index contributed by atoms with van der Waals surface area (Å²) in [5.74, 6) is -0.522. The second kappa shape index (κ2) is 7.74. The maximum atomic E-state index is 12.8. The van der Waals surface area contributed by atoms with Gasteiger partial charge in [-0.3, -0.25) is 9.59 Å². The lowest BCUT2D eigenvalue weighted by molar-refractivity contribution is -0.139. The van der Waals surface area contributed by atoms with Crippen molar-refractivity contribution < 1.29 is 9.59 Å². The van der Waals surface area contributed by atoms with E-state index in [9.17, 15) is 9.59 Å². The Labute approximate surface area is 130 Å². The van der Waals surface area contributed by atoms with Crippen molar-refractivity contribution >= 4 is 11.8 Å². The summed E-state index contributed by atoms with van der Waals surface area (Å²) in [6.45, 7) is 3.09. The van der Waals surface area contributed by atoms with Gasteiger partial charge in [-0.15, -0.1) is 0 Å². The molecule has 1 aromatic rings. The lowest BCUT2D eigenvalue weighted by atomic mass is 10.1. The van der Waals surface area contributed by atoms with Gasteiger partial charge in [0.1, 0.15) is 6.04 Å². The van der Waals surface area contributed by atoms with E-state index in [4.69, 9.17) is 5.73 Å². The molecule has 22 heavy (non-hydrogen) atoms. The second-order valence-electron chi connectivity index (χ2n) is 5.39. The molecule has 2 atom stereocenters. The molecule has 2 heterocycles. The van der Waals surface area contributed by atoms with E-state index in [-0.39, 0.29) is 5.91 Å². The summed E-state index contributed by atoms with van der Waals surface area (Å²) >= 11 is 0. The van der Waals surface area contributed by atoms with Crippen LogP contribution in [-0.4, -0.2) is 51.9 Å². The number of hydrogen-bond donors (Lipinski definition) is 3. The Morgan fingerprint density at radius 2 is 2.45 bits per heavy atom. The van der Waals surface area contributed by atoms with Crippen LogP contribution in [0, 0.1) is 0 Å². The smallest absolute Gasteiger partial charge is 0.240 e. The predicted molar refractivity (Wildman–Crippen MR) is 82.8 cm³/mol. The summed E-state index contributed by atoms with van der Waals surface area (Å²) in [4.78, 5) is 32.9. The first kappa shape index (κ1) is 16.2. The van der Waals surface area contributed by atoms with E-state index in [2.05, 4.69) is 15.3 Å². The monoisotopic (exact) mass is 305 g/mol. The van der Waals surface area contributed by atoms with E-state index >= 15 is 0 Å². The molecule has 1 aliphatic rings. The second-order valence-corrected chi connectivity index (χ2v) is 5.39. The van der Waals surface area contributed by atoms with Crippen molar-refractivity contribution in [3.63, 3.8) is 0 Å². The van der Waals surface area contributed by atoms with Gasteiger partial charge in [0.15, 0.2) is 0 Å². The normalized spacial score (nSPS) is 19.7. The maximum Gasteiger partial charge on any atom is 0.240 e. The van der Waals surface area contributed by atoms with Gasteiger partial charge in [0.25, 0.3) is 0 Å². The summed E-state index contributed by atoms with van der Waals surface area (Å²) in [7, 11) is 0. The molecule has 0 radical (unpaired) electrons. The molecule has 0 saturated carbocycles. The summed E-state index contributed by atoms with van der Waals surface area (Å²) in [6.07, 6.45) is 9.15. The van der Waals surface area contributed by atoms with E-state index in [0.717, 1.165) is 12.1 Å². The van der Waals surface area contributed by atoms with Crippen LogP contribution in [-0.2, 0) is 16.0 Å². The average Bonchev–Trinajstić information content (AvgIpc) is 3.16. The minimum atomic E-state index is -0.488. The molecule has 120 valence electrons. The molecule has 1 fully saturated rings. The van der Waals surface area contributed by atoms with Crippen LogP contribution in [0.1, 0.15) is 25.5 Å². The number of nitrogens with two attached hydrogens (primary N) is 1. The van der Waals surface area contributed by atoms with Gasteiger partial charge in [-0.2, -0.15) is 0 Å². The molecule has 1 aliphatic heterocycles. The lowest BCUT2D eigenvalue weighted by Crippen LogP contribution is -2.52. The van der Waals surface area contributed by atoms with Crippen LogP contribution >= 0.6 is 0 Å². The molecule has 1 aromatic heterocycles. The zero-order valence-corrected chi connectivity index (χ0v) is 12.8. The SMILES string of the molecule is CC=CCN[C@@H](Cc1c[nH]cn1)C(=O)N1CCC[C@H]1C(N)=O. The first-order valence-corrected chi connectivity index (χ1v) is 7.55. The standard InChI is InChI=1S/C15H23N5O2/c1-2-3-6-18-12(8-11-9-17-10-19-11)15(22)20-7-4-5-13(20)14(16)21/h2-3,9-10,12-13,18H,4-8H2,1H3,(H2,16,21)(H,17,19)/t12-,13-/m0/s1. The first-order valence-electron chi connectivity index (χ1n) is 7.55. The van der Waals surface area contributed by atoms with Crippen LogP contribution < -0.4 is 11.1 Å². The van der Waals surface area contributed by atoms with Gasteiger partial charge in [0.2, 0.25) is 11.8 Å². The van der Waals surface area contributed by atoms with Crippen molar-refractivity contribution in [1.29, 1.82) is 0 Å². The average molecular weight is 305 g/mol. The Morgan fingerprint density at radius 1 is 1.64 bits per heavy atom. The number of aromatic nitrogens is 2. The molecule has 0 aromatic carbocycles. The zero-order chi connectivity index (χ0) is 15.9. The van der Waals surface area contributed by atoms with E-state index in [1.807, 2.05) is 19.1 Å². The number of allylic oxidation sites excluding steroid dienone is 1. The van der Waals surface area contributed by atoms with Crippen molar-refractivity contribution in [2.24, 2.45) is 5.73 Å². The highest BCUT2D eigenvalue weighted by molar-refractivity contribution is 5.89. The lowest BCUT2D eigenvalue weighted by Gasteiger charge is -2.27. The number of rotatable bonds is 7. The molecule has 0 aliphatic carbocycles. The third-order valence-corrected chi connectivity index (χ3v) is 3.85. The van der Waals surface area contributed by atoms with E-state index in [0.29, 0.717) is 25.9 Å². The van der Waals surface area contributed by atoms with Gasteiger partial charge in [0.05, 0.1) is 18.1 Å². The van der Waals surface area contributed by atoms with Crippen LogP contribution in [0.5, 0.6) is 0 Å². The van der Waals surface area contributed by atoms with E-state index < -0.39 is 18.0 Å². The van der Waals surface area contributed by atoms with Crippen molar-refractivity contribution in [1.82, 2.24) is 20.2 Å². The van der Waals surface area contributed by atoms with Gasteiger partial charge in [-0.05, 0) is 19.8 Å².